The molecule has 3 N–H and O–H groups in total. The number of ether oxygens (including phenoxy) is 1. The third-order valence-corrected chi connectivity index (χ3v) is 3.94. The summed E-state index contributed by atoms with van der Waals surface area (Å²) in [5, 5.41) is 10.6. The number of benzene rings is 1. The molecule has 0 radical (unpaired) electrons. The summed E-state index contributed by atoms with van der Waals surface area (Å²) in [7, 11) is 0. The Hall–Kier alpha value is -1.89. The van der Waals surface area contributed by atoms with Crippen molar-refractivity contribution in [2.45, 2.75) is 51.2 Å². The van der Waals surface area contributed by atoms with Gasteiger partial charge < -0.3 is 20.5 Å². The molecule has 24 heavy (non-hydrogen) atoms. The van der Waals surface area contributed by atoms with Gasteiger partial charge in [-0.2, -0.15) is 0 Å². The molecule has 1 aliphatic heterocycles. The van der Waals surface area contributed by atoms with Gasteiger partial charge in [-0.1, -0.05) is 0 Å². The molecule has 0 bridgehead atoms. The van der Waals surface area contributed by atoms with Crippen LogP contribution in [-0.4, -0.2) is 35.4 Å². The summed E-state index contributed by atoms with van der Waals surface area (Å²) in [5.74, 6) is -1.95. The molecule has 1 saturated heterocycles. The second kappa shape index (κ2) is 6.55. The lowest BCUT2D eigenvalue weighted by atomic mass is 9.88. The first-order valence-corrected chi connectivity index (χ1v) is 7.93. The molecular weight excluding hydrogens is 318 g/mol. The number of hydrogen-bond donors (Lipinski definition) is 2. The van der Waals surface area contributed by atoms with E-state index in [1.807, 2.05) is 0 Å². The van der Waals surface area contributed by atoms with E-state index in [2.05, 4.69) is 0 Å². The van der Waals surface area contributed by atoms with E-state index < -0.39 is 28.8 Å². The van der Waals surface area contributed by atoms with Crippen LogP contribution in [0.1, 0.15) is 40.0 Å². The number of rotatable bonds is 3. The number of carbonyl (C=O) groups excluding carboxylic acids is 1. The van der Waals surface area contributed by atoms with Crippen molar-refractivity contribution in [3.8, 4) is 0 Å². The molecule has 0 saturated carbocycles. The minimum absolute atomic E-state index is 0.0205. The zero-order valence-electron chi connectivity index (χ0n) is 14.2. The molecule has 0 amide bonds. The van der Waals surface area contributed by atoms with Crippen molar-refractivity contribution in [1.82, 2.24) is 0 Å². The maximum Gasteiger partial charge on any atom is 0.309 e. The van der Waals surface area contributed by atoms with E-state index >= 15 is 0 Å². The quantitative estimate of drug-likeness (QED) is 0.652. The fourth-order valence-electron chi connectivity index (χ4n) is 2.86. The Kier molecular flexibility index (Phi) is 5.03. The molecular formula is C17H24F2N2O3. The lowest BCUT2D eigenvalue weighted by Crippen LogP contribution is -2.46. The van der Waals surface area contributed by atoms with E-state index in [1.54, 1.807) is 20.8 Å². The molecule has 1 aromatic rings. The summed E-state index contributed by atoms with van der Waals surface area (Å²) in [4.78, 5) is 13.4. The van der Waals surface area contributed by atoms with E-state index in [1.165, 1.54) is 4.90 Å². The van der Waals surface area contributed by atoms with Crippen LogP contribution in [0.15, 0.2) is 12.1 Å². The zero-order valence-corrected chi connectivity index (χ0v) is 14.2. The Morgan fingerprint density at radius 2 is 1.79 bits per heavy atom. The highest BCUT2D eigenvalue weighted by atomic mass is 19.1. The van der Waals surface area contributed by atoms with Crippen LogP contribution in [0.25, 0.3) is 0 Å². The Balaban J connectivity index is 2.02. The fourth-order valence-corrected chi connectivity index (χ4v) is 2.86. The molecule has 1 aromatic carbocycles. The summed E-state index contributed by atoms with van der Waals surface area (Å²) in [5.41, 5.74) is 3.44. The standard InChI is InChI=1S/C17H24F2N2O3/c1-16(2,3)24-14(22)10-17(23)4-6-21(7-5-17)15-12(18)8-11(20)9-13(15)19/h8-9,23H,4-7,10,20H2,1-3H3. The van der Waals surface area contributed by atoms with Crippen LogP contribution < -0.4 is 10.6 Å². The van der Waals surface area contributed by atoms with Gasteiger partial charge in [0.25, 0.3) is 0 Å². The maximum atomic E-state index is 14.0. The van der Waals surface area contributed by atoms with Gasteiger partial charge in [0.2, 0.25) is 0 Å². The molecule has 1 aliphatic rings. The predicted molar refractivity (Wildman–Crippen MR) is 87.6 cm³/mol. The third kappa shape index (κ3) is 4.56. The highest BCUT2D eigenvalue weighted by Gasteiger charge is 2.37. The van der Waals surface area contributed by atoms with E-state index in [4.69, 9.17) is 10.5 Å². The van der Waals surface area contributed by atoms with Gasteiger partial charge in [0, 0.05) is 18.8 Å². The number of halogens is 2. The van der Waals surface area contributed by atoms with Crippen LogP contribution in [0.3, 0.4) is 0 Å². The summed E-state index contributed by atoms with van der Waals surface area (Å²) in [6.07, 6.45) is 0.301. The first kappa shape index (κ1) is 18.4. The van der Waals surface area contributed by atoms with E-state index in [9.17, 15) is 18.7 Å². The second-order valence-corrected chi connectivity index (χ2v) is 7.31. The van der Waals surface area contributed by atoms with Crippen molar-refractivity contribution in [1.29, 1.82) is 0 Å². The second-order valence-electron chi connectivity index (χ2n) is 7.31. The monoisotopic (exact) mass is 342 g/mol. The van der Waals surface area contributed by atoms with Gasteiger partial charge in [0.05, 0.1) is 12.0 Å². The minimum atomic E-state index is -1.22. The summed E-state index contributed by atoms with van der Waals surface area (Å²) < 4.78 is 33.2. The molecule has 0 aliphatic carbocycles. The van der Waals surface area contributed by atoms with Crippen molar-refractivity contribution in [2.75, 3.05) is 23.7 Å². The first-order valence-electron chi connectivity index (χ1n) is 7.93. The molecule has 2 rings (SSSR count). The van der Waals surface area contributed by atoms with Gasteiger partial charge in [0.15, 0.2) is 11.6 Å². The molecule has 7 heteroatoms. The third-order valence-electron chi connectivity index (χ3n) is 3.94. The van der Waals surface area contributed by atoms with Crippen LogP contribution in [0.5, 0.6) is 0 Å². The zero-order chi connectivity index (χ0) is 18.1. The van der Waals surface area contributed by atoms with E-state index in [-0.39, 0.29) is 43.7 Å². The van der Waals surface area contributed by atoms with E-state index in [0.717, 1.165) is 12.1 Å². The topological polar surface area (TPSA) is 75.8 Å². The smallest absolute Gasteiger partial charge is 0.309 e. The lowest BCUT2D eigenvalue weighted by molar-refractivity contribution is -0.161. The molecule has 1 heterocycles. The van der Waals surface area contributed by atoms with Crippen molar-refractivity contribution in [2.24, 2.45) is 0 Å². The molecule has 5 nitrogen and oxygen atoms in total. The average Bonchev–Trinajstić information content (AvgIpc) is 2.37. The Morgan fingerprint density at radius 1 is 1.29 bits per heavy atom. The summed E-state index contributed by atoms with van der Waals surface area (Å²) in [6, 6.07) is 2.14. The molecule has 134 valence electrons. The Bertz CT molecular complexity index is 598. The number of esters is 1. The number of nitrogen functional groups attached to an aromatic ring is 1. The van der Waals surface area contributed by atoms with Crippen molar-refractivity contribution in [3.63, 3.8) is 0 Å². The highest BCUT2D eigenvalue weighted by molar-refractivity contribution is 5.71. The van der Waals surface area contributed by atoms with Crippen LogP contribution in [0.2, 0.25) is 0 Å². The highest BCUT2D eigenvalue weighted by Crippen LogP contribution is 2.33. The van der Waals surface area contributed by atoms with E-state index in [0.29, 0.717) is 0 Å². The number of carbonyl (C=O) groups is 1. The maximum absolute atomic E-state index is 14.0. The van der Waals surface area contributed by atoms with Crippen LogP contribution in [0, 0.1) is 11.6 Å². The number of piperidine rings is 1. The van der Waals surface area contributed by atoms with Crippen molar-refractivity contribution < 1.29 is 23.4 Å². The van der Waals surface area contributed by atoms with Gasteiger partial charge in [-0.05, 0) is 45.7 Å². The number of nitrogens with zero attached hydrogens (tertiary/aromatic N) is 1. The van der Waals surface area contributed by atoms with Crippen LogP contribution in [-0.2, 0) is 9.53 Å². The minimum Gasteiger partial charge on any atom is -0.460 e. The fraction of sp³-hybridized carbons (Fsp3) is 0.588. The summed E-state index contributed by atoms with van der Waals surface area (Å²) >= 11 is 0. The summed E-state index contributed by atoms with van der Waals surface area (Å²) in [6.45, 7) is 5.73. The molecule has 0 spiro atoms. The molecule has 0 unspecified atom stereocenters. The number of aliphatic hydroxyl groups is 1. The lowest BCUT2D eigenvalue weighted by Gasteiger charge is -2.39. The van der Waals surface area contributed by atoms with Crippen LogP contribution >= 0.6 is 0 Å². The Labute approximate surface area is 140 Å². The van der Waals surface area contributed by atoms with Gasteiger partial charge in [0.1, 0.15) is 11.3 Å². The number of nitrogens with two attached hydrogens (primary N) is 1. The molecule has 0 atom stereocenters. The van der Waals surface area contributed by atoms with Crippen LogP contribution in [0.4, 0.5) is 20.2 Å². The van der Waals surface area contributed by atoms with Gasteiger partial charge in [-0.3, -0.25) is 4.79 Å². The van der Waals surface area contributed by atoms with Gasteiger partial charge in [-0.25, -0.2) is 8.78 Å². The average molecular weight is 342 g/mol. The first-order chi connectivity index (χ1) is 11.0. The molecule has 1 fully saturated rings. The largest absolute Gasteiger partial charge is 0.460 e. The normalized spacial score (nSPS) is 17.7. The Morgan fingerprint density at radius 3 is 2.25 bits per heavy atom. The number of anilines is 2. The number of hydrogen-bond acceptors (Lipinski definition) is 5. The van der Waals surface area contributed by atoms with Gasteiger partial charge in [-0.15, -0.1) is 0 Å². The van der Waals surface area contributed by atoms with Crippen molar-refractivity contribution in [3.05, 3.63) is 23.8 Å². The SMILES string of the molecule is CC(C)(C)OC(=O)CC1(O)CCN(c2c(F)cc(N)cc2F)CC1. The van der Waals surface area contributed by atoms with Crippen molar-refractivity contribution >= 4 is 17.3 Å². The van der Waals surface area contributed by atoms with Gasteiger partial charge >= 0.3 is 5.97 Å². The molecule has 0 aromatic heterocycles. The predicted octanol–water partition coefficient (Wildman–Crippen LogP) is 2.61.